The number of hydrogen-bond donors (Lipinski definition) is 2. The van der Waals surface area contributed by atoms with Crippen molar-refractivity contribution < 1.29 is 9.59 Å². The normalized spacial score (nSPS) is 24.4. The third kappa shape index (κ3) is 6.57. The monoisotopic (exact) mass is 647 g/mol. The number of aromatic nitrogens is 1. The number of benzene rings is 1. The van der Waals surface area contributed by atoms with Gasteiger partial charge in [0.15, 0.2) is 0 Å². The molecule has 2 unspecified atom stereocenters. The van der Waals surface area contributed by atoms with Crippen molar-refractivity contribution in [1.29, 1.82) is 0 Å². The molecule has 4 heterocycles. The number of hydrogen-bond acceptors (Lipinski definition) is 9. The van der Waals surface area contributed by atoms with E-state index in [4.69, 9.17) is 23.1 Å². The Morgan fingerprint density at radius 2 is 1.84 bits per heavy atom. The second-order valence-corrected chi connectivity index (χ2v) is 14.3. The first-order valence-electron chi connectivity index (χ1n) is 15.8. The summed E-state index contributed by atoms with van der Waals surface area (Å²) in [6.07, 6.45) is 6.96. The van der Waals surface area contributed by atoms with Crippen LogP contribution >= 0.6 is 22.9 Å². The lowest BCUT2D eigenvalue weighted by molar-refractivity contribution is -0.141. The number of nitrogens with zero attached hydrogens (tertiary/aromatic N) is 5. The quantitative estimate of drug-likeness (QED) is 0.177. The molecule has 1 aromatic carbocycles. The van der Waals surface area contributed by atoms with Crippen molar-refractivity contribution in [2.45, 2.75) is 58.8 Å². The van der Waals surface area contributed by atoms with E-state index in [0.29, 0.717) is 43.2 Å². The standard InChI is InChI=1S/C34H42ClN7O2S/c1-20-9-24(35)10-27(26-5-8-39-31-11-25(45-32(26)31)18-42-33(43)28-12-29(28)34(42)44)30(20)19-41-21(2)15-40(16-22(41)3)17-23(13-37)14-38-7-4-6-36/h5,8-11,13-14,21-22,28-29H,4,6-7,12,15-19,36-37H2,1-3H3/b23-13+,38-14?/t21-,22-,28?,29?/m0/s1. The maximum absolute atomic E-state index is 12.6. The van der Waals surface area contributed by atoms with E-state index in [-0.39, 0.29) is 23.7 Å². The number of fused-ring (bicyclic) bond motifs is 2. The van der Waals surface area contributed by atoms with E-state index in [1.807, 2.05) is 24.5 Å². The third-order valence-electron chi connectivity index (χ3n) is 9.35. The molecule has 3 fully saturated rings. The van der Waals surface area contributed by atoms with Crippen molar-refractivity contribution in [3.63, 3.8) is 0 Å². The first-order chi connectivity index (χ1) is 21.7. The van der Waals surface area contributed by atoms with Gasteiger partial charge in [-0.1, -0.05) is 11.6 Å². The Labute approximate surface area is 273 Å². The average molecular weight is 648 g/mol. The fourth-order valence-electron chi connectivity index (χ4n) is 6.91. The maximum atomic E-state index is 12.6. The van der Waals surface area contributed by atoms with E-state index in [9.17, 15) is 9.59 Å². The Hall–Kier alpha value is -3.15. The number of imide groups is 1. The molecule has 9 nitrogen and oxygen atoms in total. The molecule has 0 bridgehead atoms. The number of likely N-dealkylation sites (tertiary alicyclic amines) is 1. The molecule has 4 atom stereocenters. The summed E-state index contributed by atoms with van der Waals surface area (Å²) in [5.41, 5.74) is 18.0. The highest BCUT2D eigenvalue weighted by atomic mass is 35.5. The molecule has 3 aromatic rings. The van der Waals surface area contributed by atoms with E-state index < -0.39 is 0 Å². The number of aryl methyl sites for hydroxylation is 1. The lowest BCUT2D eigenvalue weighted by atomic mass is 9.94. The predicted molar refractivity (Wildman–Crippen MR) is 182 cm³/mol. The van der Waals surface area contributed by atoms with Gasteiger partial charge in [-0.2, -0.15) is 0 Å². The Balaban J connectivity index is 1.23. The number of carbonyl (C=O) groups excluding carboxylic acids is 2. The molecule has 0 spiro atoms. The second kappa shape index (κ2) is 13.3. The zero-order valence-corrected chi connectivity index (χ0v) is 27.8. The number of amides is 2. The van der Waals surface area contributed by atoms with Gasteiger partial charge in [-0.3, -0.25) is 34.3 Å². The van der Waals surface area contributed by atoms with Crippen LogP contribution in [-0.2, 0) is 22.7 Å². The number of rotatable bonds is 11. The molecule has 1 saturated carbocycles. The van der Waals surface area contributed by atoms with Crippen LogP contribution in [0.1, 0.15) is 42.7 Å². The zero-order chi connectivity index (χ0) is 31.8. The minimum atomic E-state index is -0.0938. The van der Waals surface area contributed by atoms with E-state index in [2.05, 4.69) is 52.7 Å². The van der Waals surface area contributed by atoms with Gasteiger partial charge in [0.05, 0.1) is 28.6 Å². The summed E-state index contributed by atoms with van der Waals surface area (Å²) in [5.74, 6) is -0.248. The van der Waals surface area contributed by atoms with Crippen molar-refractivity contribution in [2.24, 2.45) is 28.3 Å². The highest BCUT2D eigenvalue weighted by Crippen LogP contribution is 2.48. The van der Waals surface area contributed by atoms with Gasteiger partial charge in [0.25, 0.3) is 0 Å². The van der Waals surface area contributed by atoms with Crippen LogP contribution in [0.5, 0.6) is 0 Å². The molecule has 2 saturated heterocycles. The van der Waals surface area contributed by atoms with Gasteiger partial charge < -0.3 is 11.5 Å². The molecule has 4 N–H and O–H groups in total. The first kappa shape index (κ1) is 31.8. The Morgan fingerprint density at radius 3 is 2.53 bits per heavy atom. The fourth-order valence-corrected chi connectivity index (χ4v) is 8.31. The largest absolute Gasteiger partial charge is 0.404 e. The lowest BCUT2D eigenvalue weighted by Gasteiger charge is -2.45. The van der Waals surface area contributed by atoms with E-state index in [0.717, 1.165) is 70.0 Å². The van der Waals surface area contributed by atoms with E-state index in [1.165, 1.54) is 10.5 Å². The lowest BCUT2D eigenvalue weighted by Crippen LogP contribution is -2.56. The second-order valence-electron chi connectivity index (χ2n) is 12.7. The molecular formula is C34H42ClN7O2S. The number of piperazine rings is 1. The van der Waals surface area contributed by atoms with Gasteiger partial charge >= 0.3 is 0 Å². The summed E-state index contributed by atoms with van der Waals surface area (Å²) in [5, 5.41) is 0.695. The summed E-state index contributed by atoms with van der Waals surface area (Å²) in [6, 6.07) is 8.81. The third-order valence-corrected chi connectivity index (χ3v) is 10.7. The molecule has 3 aliphatic rings. The molecule has 1 aliphatic carbocycles. The van der Waals surface area contributed by atoms with Crippen LogP contribution in [-0.4, -0.2) is 82.5 Å². The molecule has 238 valence electrons. The van der Waals surface area contributed by atoms with Crippen LogP contribution in [0.25, 0.3) is 21.3 Å². The maximum Gasteiger partial charge on any atom is 0.233 e. The summed E-state index contributed by atoms with van der Waals surface area (Å²) in [7, 11) is 0. The molecule has 0 radical (unpaired) electrons. The van der Waals surface area contributed by atoms with Crippen molar-refractivity contribution in [3.05, 3.63) is 63.3 Å². The Kier molecular flexibility index (Phi) is 9.40. The van der Waals surface area contributed by atoms with Gasteiger partial charge in [-0.05, 0) is 92.9 Å². The van der Waals surface area contributed by atoms with Gasteiger partial charge in [-0.15, -0.1) is 11.3 Å². The summed E-state index contributed by atoms with van der Waals surface area (Å²) < 4.78 is 1.04. The molecule has 6 rings (SSSR count). The van der Waals surface area contributed by atoms with Gasteiger partial charge in [0, 0.05) is 72.7 Å². The van der Waals surface area contributed by atoms with E-state index in [1.54, 1.807) is 17.5 Å². The van der Waals surface area contributed by atoms with Crippen LogP contribution < -0.4 is 11.5 Å². The van der Waals surface area contributed by atoms with Crippen LogP contribution in [0, 0.1) is 18.8 Å². The Morgan fingerprint density at radius 1 is 1.11 bits per heavy atom. The van der Waals surface area contributed by atoms with Gasteiger partial charge in [0.2, 0.25) is 11.8 Å². The summed E-state index contributed by atoms with van der Waals surface area (Å²) in [4.78, 5) is 41.8. The highest BCUT2D eigenvalue weighted by molar-refractivity contribution is 7.19. The predicted octanol–water partition coefficient (Wildman–Crippen LogP) is 4.59. The van der Waals surface area contributed by atoms with Crippen LogP contribution in [0.4, 0.5) is 0 Å². The van der Waals surface area contributed by atoms with Crippen LogP contribution in [0.3, 0.4) is 0 Å². The fraction of sp³-hybridized carbons (Fsp3) is 0.471. The molecule has 2 amide bonds. The number of aliphatic imine (C=N–C) groups is 1. The molecule has 2 aliphatic heterocycles. The number of thiophene rings is 1. The molecule has 45 heavy (non-hydrogen) atoms. The molecule has 11 heteroatoms. The number of pyridine rings is 1. The average Bonchev–Trinajstić information content (AvgIpc) is 3.64. The smallest absolute Gasteiger partial charge is 0.233 e. The minimum Gasteiger partial charge on any atom is -0.404 e. The zero-order valence-electron chi connectivity index (χ0n) is 26.2. The van der Waals surface area contributed by atoms with Crippen LogP contribution in [0.15, 0.2) is 47.2 Å². The van der Waals surface area contributed by atoms with Crippen molar-refractivity contribution in [3.8, 4) is 11.1 Å². The number of piperidine rings is 1. The van der Waals surface area contributed by atoms with Crippen molar-refractivity contribution in [2.75, 3.05) is 32.7 Å². The van der Waals surface area contributed by atoms with Crippen molar-refractivity contribution in [1.82, 2.24) is 19.7 Å². The highest BCUT2D eigenvalue weighted by Gasteiger charge is 2.58. The van der Waals surface area contributed by atoms with Crippen LogP contribution in [0.2, 0.25) is 5.02 Å². The van der Waals surface area contributed by atoms with Gasteiger partial charge in [-0.25, -0.2) is 0 Å². The molecular weight excluding hydrogens is 606 g/mol. The number of halogens is 1. The van der Waals surface area contributed by atoms with E-state index >= 15 is 0 Å². The minimum absolute atomic E-state index is 0.0300. The van der Waals surface area contributed by atoms with Crippen molar-refractivity contribution >= 4 is 51.2 Å². The topological polar surface area (TPSA) is 121 Å². The summed E-state index contributed by atoms with van der Waals surface area (Å²) in [6.45, 7) is 11.8. The first-order valence-corrected chi connectivity index (χ1v) is 17.0. The summed E-state index contributed by atoms with van der Waals surface area (Å²) >= 11 is 8.29. The van der Waals surface area contributed by atoms with Gasteiger partial charge in [0.1, 0.15) is 0 Å². The number of carbonyl (C=O) groups is 2. The Bertz CT molecular complexity index is 1640. The molecule has 2 aromatic heterocycles. The number of nitrogens with two attached hydrogens (primary N) is 2. The SMILES string of the molecule is Cc1cc(Cl)cc(-c2ccnc3cc(CN4C(=O)C5CC5C4=O)sc23)c1CN1[C@@H](C)CN(C/C(C=NCCCN)=C/N)C[C@@H]1C.